The minimum atomic E-state index is -0.168. The number of benzene rings is 1. The molecule has 1 saturated heterocycles. The zero-order valence-electron chi connectivity index (χ0n) is 11.4. The van der Waals surface area contributed by atoms with Gasteiger partial charge in [-0.25, -0.2) is 0 Å². The Balaban J connectivity index is 2.09. The highest BCUT2D eigenvalue weighted by Gasteiger charge is 2.25. The minimum Gasteiger partial charge on any atom is -0.409 e. The topological polar surface area (TPSA) is 91.3 Å². The highest BCUT2D eigenvalue weighted by Crippen LogP contribution is 2.19. The summed E-state index contributed by atoms with van der Waals surface area (Å²) in [4.78, 5) is 2.17. The molecule has 2 atom stereocenters. The Kier molecular flexibility index (Phi) is 5.34. The fraction of sp³-hybridized carbons (Fsp3) is 0.500. The molecule has 0 spiro atoms. The van der Waals surface area contributed by atoms with Crippen molar-refractivity contribution in [3.63, 3.8) is 0 Å². The number of oxime groups is 1. The maximum absolute atomic E-state index is 9.18. The van der Waals surface area contributed by atoms with Crippen LogP contribution in [-0.4, -0.2) is 60.0 Å². The maximum Gasteiger partial charge on any atom is 0.147 e. The minimum absolute atomic E-state index is 0.01000. The average Bonchev–Trinajstić information content (AvgIpc) is 2.53. The average molecular weight is 279 g/mol. The molecule has 1 aromatic rings. The van der Waals surface area contributed by atoms with Crippen molar-refractivity contribution in [2.75, 3.05) is 32.8 Å². The summed E-state index contributed by atoms with van der Waals surface area (Å²) in [6.45, 7) is 2.66. The molecule has 1 aliphatic heterocycles. The van der Waals surface area contributed by atoms with E-state index >= 15 is 0 Å². The van der Waals surface area contributed by atoms with E-state index in [-0.39, 0.29) is 24.5 Å². The Labute approximate surface area is 118 Å². The van der Waals surface area contributed by atoms with Gasteiger partial charge in [-0.2, -0.15) is 0 Å². The van der Waals surface area contributed by atoms with Crippen LogP contribution < -0.4 is 5.73 Å². The molecule has 6 nitrogen and oxygen atoms in total. The molecule has 0 amide bonds. The second-order valence-corrected chi connectivity index (χ2v) is 4.92. The van der Waals surface area contributed by atoms with E-state index in [9.17, 15) is 5.11 Å². The van der Waals surface area contributed by atoms with Crippen LogP contribution >= 0.6 is 0 Å². The van der Waals surface area contributed by atoms with Gasteiger partial charge < -0.3 is 20.8 Å². The standard InChI is InChI=1S/C14H21N3O3/c15-14(16-19)13(11-4-2-1-3-5-11)9-17-6-7-20-12(8-17)10-18/h1-5,12-13,18-19H,6-10H2,(H2,15,16). The second-order valence-electron chi connectivity index (χ2n) is 4.92. The number of hydrogen-bond donors (Lipinski definition) is 3. The van der Waals surface area contributed by atoms with E-state index in [0.717, 1.165) is 12.1 Å². The van der Waals surface area contributed by atoms with E-state index in [2.05, 4.69) is 10.1 Å². The third kappa shape index (κ3) is 3.69. The summed E-state index contributed by atoms with van der Waals surface area (Å²) in [6, 6.07) is 9.73. The first-order chi connectivity index (χ1) is 9.74. The first-order valence-electron chi connectivity index (χ1n) is 6.71. The van der Waals surface area contributed by atoms with Crippen LogP contribution in [0, 0.1) is 0 Å². The molecule has 0 aromatic heterocycles. The lowest BCUT2D eigenvalue weighted by Gasteiger charge is -2.34. The van der Waals surface area contributed by atoms with Crippen molar-refractivity contribution < 1.29 is 15.1 Å². The van der Waals surface area contributed by atoms with Gasteiger partial charge in [0.25, 0.3) is 0 Å². The van der Waals surface area contributed by atoms with Crippen molar-refractivity contribution in [1.82, 2.24) is 4.90 Å². The molecule has 1 fully saturated rings. The summed E-state index contributed by atoms with van der Waals surface area (Å²) in [5.41, 5.74) is 6.84. The molecular formula is C14H21N3O3. The molecule has 2 rings (SSSR count). The van der Waals surface area contributed by atoms with Crippen molar-refractivity contribution in [2.45, 2.75) is 12.0 Å². The van der Waals surface area contributed by atoms with Gasteiger partial charge in [-0.3, -0.25) is 4.90 Å². The van der Waals surface area contributed by atoms with Crippen LogP contribution in [0.3, 0.4) is 0 Å². The van der Waals surface area contributed by atoms with Crippen LogP contribution in [0.1, 0.15) is 11.5 Å². The van der Waals surface area contributed by atoms with Crippen LogP contribution in [0.4, 0.5) is 0 Å². The third-order valence-electron chi connectivity index (χ3n) is 3.54. The van der Waals surface area contributed by atoms with E-state index in [0.29, 0.717) is 19.7 Å². The quantitative estimate of drug-likeness (QED) is 0.310. The van der Waals surface area contributed by atoms with Crippen LogP contribution in [-0.2, 0) is 4.74 Å². The molecule has 110 valence electrons. The molecule has 1 aromatic carbocycles. The number of morpholine rings is 1. The highest BCUT2D eigenvalue weighted by molar-refractivity contribution is 5.87. The first-order valence-corrected chi connectivity index (χ1v) is 6.71. The fourth-order valence-corrected chi connectivity index (χ4v) is 2.44. The van der Waals surface area contributed by atoms with Gasteiger partial charge in [0.05, 0.1) is 25.2 Å². The molecule has 2 unspecified atom stereocenters. The Morgan fingerprint density at radius 2 is 2.20 bits per heavy atom. The van der Waals surface area contributed by atoms with E-state index in [1.807, 2.05) is 30.3 Å². The van der Waals surface area contributed by atoms with Gasteiger partial charge >= 0.3 is 0 Å². The molecule has 0 bridgehead atoms. The summed E-state index contributed by atoms with van der Waals surface area (Å²) < 4.78 is 5.43. The normalized spacial score (nSPS) is 22.6. The van der Waals surface area contributed by atoms with Crippen molar-refractivity contribution in [2.24, 2.45) is 10.9 Å². The maximum atomic E-state index is 9.18. The monoisotopic (exact) mass is 279 g/mol. The summed E-state index contributed by atoms with van der Waals surface area (Å²) in [6.07, 6.45) is -0.160. The van der Waals surface area contributed by atoms with Gasteiger partial charge in [-0.05, 0) is 5.56 Å². The molecule has 1 heterocycles. The number of hydrogen-bond acceptors (Lipinski definition) is 5. The number of amidine groups is 1. The van der Waals surface area contributed by atoms with Crippen molar-refractivity contribution in [1.29, 1.82) is 0 Å². The van der Waals surface area contributed by atoms with Gasteiger partial charge in [-0.15, -0.1) is 0 Å². The lowest BCUT2D eigenvalue weighted by atomic mass is 9.97. The molecule has 0 saturated carbocycles. The number of nitrogens with zero attached hydrogens (tertiary/aromatic N) is 2. The summed E-state index contributed by atoms with van der Waals surface area (Å²) in [5.74, 6) is 0.0295. The summed E-state index contributed by atoms with van der Waals surface area (Å²) >= 11 is 0. The largest absolute Gasteiger partial charge is 0.409 e. The van der Waals surface area contributed by atoms with Gasteiger partial charge in [-0.1, -0.05) is 35.5 Å². The van der Waals surface area contributed by atoms with Crippen LogP contribution in [0.25, 0.3) is 0 Å². The summed E-state index contributed by atoms with van der Waals surface area (Å²) in [5, 5.41) is 21.3. The predicted octanol–water partition coefficient (Wildman–Crippen LogP) is 0.210. The third-order valence-corrected chi connectivity index (χ3v) is 3.54. The zero-order valence-corrected chi connectivity index (χ0v) is 11.4. The Morgan fingerprint density at radius 1 is 1.45 bits per heavy atom. The second kappa shape index (κ2) is 7.23. The number of ether oxygens (including phenoxy) is 1. The van der Waals surface area contributed by atoms with Gasteiger partial charge in [0.15, 0.2) is 0 Å². The van der Waals surface area contributed by atoms with Crippen molar-refractivity contribution >= 4 is 5.84 Å². The molecule has 6 heteroatoms. The molecule has 1 aliphatic rings. The highest BCUT2D eigenvalue weighted by atomic mass is 16.5. The van der Waals surface area contributed by atoms with E-state index in [4.69, 9.17) is 15.7 Å². The number of rotatable bonds is 5. The summed E-state index contributed by atoms with van der Waals surface area (Å²) in [7, 11) is 0. The van der Waals surface area contributed by atoms with Crippen LogP contribution in [0.5, 0.6) is 0 Å². The van der Waals surface area contributed by atoms with Crippen LogP contribution in [0.15, 0.2) is 35.5 Å². The van der Waals surface area contributed by atoms with Gasteiger partial charge in [0.1, 0.15) is 5.84 Å². The van der Waals surface area contributed by atoms with E-state index in [1.165, 1.54) is 0 Å². The van der Waals surface area contributed by atoms with E-state index in [1.54, 1.807) is 0 Å². The smallest absolute Gasteiger partial charge is 0.147 e. The number of aliphatic hydroxyl groups is 1. The van der Waals surface area contributed by atoms with Crippen LogP contribution in [0.2, 0.25) is 0 Å². The Bertz CT molecular complexity index is 439. The zero-order chi connectivity index (χ0) is 14.4. The lowest BCUT2D eigenvalue weighted by Crippen LogP contribution is -2.46. The SMILES string of the molecule is N/C(=N/O)C(CN1CCOC(CO)C1)c1ccccc1. The molecular weight excluding hydrogens is 258 g/mol. The molecule has 20 heavy (non-hydrogen) atoms. The Morgan fingerprint density at radius 3 is 2.85 bits per heavy atom. The number of aliphatic hydroxyl groups excluding tert-OH is 1. The molecule has 0 aliphatic carbocycles. The van der Waals surface area contributed by atoms with Crippen molar-refractivity contribution in [3.05, 3.63) is 35.9 Å². The molecule has 0 radical (unpaired) electrons. The van der Waals surface area contributed by atoms with Gasteiger partial charge in [0, 0.05) is 19.6 Å². The Hall–Kier alpha value is -1.63. The van der Waals surface area contributed by atoms with Crippen molar-refractivity contribution in [3.8, 4) is 0 Å². The molecule has 4 N–H and O–H groups in total. The van der Waals surface area contributed by atoms with E-state index < -0.39 is 0 Å². The predicted molar refractivity (Wildman–Crippen MR) is 75.9 cm³/mol. The number of nitrogens with two attached hydrogens (primary N) is 1. The lowest BCUT2D eigenvalue weighted by molar-refractivity contribution is -0.0529. The first kappa shape index (κ1) is 14.8. The fourth-order valence-electron chi connectivity index (χ4n) is 2.44. The van der Waals surface area contributed by atoms with Gasteiger partial charge in [0.2, 0.25) is 0 Å².